The van der Waals surface area contributed by atoms with Crippen LogP contribution in [0.5, 0.6) is 0 Å². The van der Waals surface area contributed by atoms with Gasteiger partial charge in [0.2, 0.25) is 0 Å². The Morgan fingerprint density at radius 3 is 2.50 bits per heavy atom. The van der Waals surface area contributed by atoms with Crippen LogP contribution in [0.4, 0.5) is 0 Å². The first-order chi connectivity index (χ1) is 4.72. The molecule has 0 aromatic rings. The molecule has 0 saturated heterocycles. The van der Waals surface area contributed by atoms with Gasteiger partial charge in [-0.05, 0) is 19.4 Å². The monoisotopic (exact) mass is 159 g/mol. The highest BCUT2D eigenvalue weighted by Crippen LogP contribution is 2.06. The van der Waals surface area contributed by atoms with Crippen LogP contribution in [0.15, 0.2) is 22.9 Å². The Morgan fingerprint density at radius 2 is 2.20 bits per heavy atom. The van der Waals surface area contributed by atoms with Gasteiger partial charge in [-0.25, -0.2) is 0 Å². The number of nitrogens with one attached hydrogen (secondary N) is 1. The van der Waals surface area contributed by atoms with Crippen LogP contribution in [0.25, 0.3) is 0 Å². The largest absolute Gasteiger partial charge is 0.387 e. The predicted octanol–water partition coefficient (Wildman–Crippen LogP) is 2.64. The highest BCUT2D eigenvalue weighted by molar-refractivity contribution is 6.29. The van der Waals surface area contributed by atoms with Crippen molar-refractivity contribution < 1.29 is 0 Å². The van der Waals surface area contributed by atoms with Gasteiger partial charge < -0.3 is 5.32 Å². The maximum Gasteiger partial charge on any atom is 0.0478 e. The molecule has 0 bridgehead atoms. The van der Waals surface area contributed by atoms with Crippen molar-refractivity contribution in [3.63, 3.8) is 0 Å². The molecule has 2 heteroatoms. The lowest BCUT2D eigenvalue weighted by atomic mass is 10.3. The van der Waals surface area contributed by atoms with E-state index in [0.717, 1.165) is 17.2 Å². The summed E-state index contributed by atoms with van der Waals surface area (Å²) in [5.74, 6) is 0. The second-order valence-electron chi connectivity index (χ2n) is 2.01. The molecular formula is C8H14ClN. The van der Waals surface area contributed by atoms with Crippen LogP contribution in [-0.2, 0) is 0 Å². The number of hydrogen-bond donors (Lipinski definition) is 1. The molecule has 58 valence electrons. The number of allylic oxidation sites excluding steroid dienone is 3. The third-order valence-corrected chi connectivity index (χ3v) is 1.36. The lowest BCUT2D eigenvalue weighted by Crippen LogP contribution is -2.03. The zero-order valence-electron chi connectivity index (χ0n) is 6.74. The van der Waals surface area contributed by atoms with Gasteiger partial charge in [0.15, 0.2) is 0 Å². The minimum absolute atomic E-state index is 0.798. The van der Waals surface area contributed by atoms with E-state index in [4.69, 9.17) is 11.6 Å². The molecular weight excluding hydrogens is 146 g/mol. The number of hydrogen-bond acceptors (Lipinski definition) is 1. The van der Waals surface area contributed by atoms with Crippen molar-refractivity contribution in [3.05, 3.63) is 22.9 Å². The normalized spacial score (nSPS) is 13.6. The first kappa shape index (κ1) is 9.57. The van der Waals surface area contributed by atoms with Crippen LogP contribution in [0.2, 0.25) is 0 Å². The summed E-state index contributed by atoms with van der Waals surface area (Å²) in [7, 11) is 1.86. The van der Waals surface area contributed by atoms with E-state index < -0.39 is 0 Å². The van der Waals surface area contributed by atoms with Crippen molar-refractivity contribution in [1.29, 1.82) is 0 Å². The Balaban J connectivity index is 4.10. The van der Waals surface area contributed by atoms with Crippen LogP contribution in [0.1, 0.15) is 20.3 Å². The average molecular weight is 160 g/mol. The molecule has 0 fully saturated rings. The summed E-state index contributed by atoms with van der Waals surface area (Å²) in [4.78, 5) is 0. The minimum atomic E-state index is 0.798. The molecule has 0 unspecified atom stereocenters. The van der Waals surface area contributed by atoms with E-state index >= 15 is 0 Å². The van der Waals surface area contributed by atoms with Gasteiger partial charge in [-0.2, -0.15) is 0 Å². The minimum Gasteiger partial charge on any atom is -0.387 e. The summed E-state index contributed by atoms with van der Waals surface area (Å²) in [5.41, 5.74) is 0.989. The summed E-state index contributed by atoms with van der Waals surface area (Å²) < 4.78 is 0. The standard InChI is InChI=1S/C8H14ClN/c1-4-5-6-8(10-3)7(2)9/h5-6,10H,4H2,1-3H3/b6-5-,8-7-. The molecule has 0 aliphatic rings. The van der Waals surface area contributed by atoms with Crippen molar-refractivity contribution in [1.82, 2.24) is 5.32 Å². The van der Waals surface area contributed by atoms with Crippen molar-refractivity contribution >= 4 is 11.6 Å². The van der Waals surface area contributed by atoms with E-state index in [1.807, 2.05) is 20.0 Å². The van der Waals surface area contributed by atoms with Crippen LogP contribution < -0.4 is 5.32 Å². The molecule has 0 aliphatic carbocycles. The molecule has 0 aromatic carbocycles. The van der Waals surface area contributed by atoms with Crippen molar-refractivity contribution in [3.8, 4) is 0 Å². The molecule has 0 spiro atoms. The van der Waals surface area contributed by atoms with E-state index in [-0.39, 0.29) is 0 Å². The second-order valence-corrected chi connectivity index (χ2v) is 2.57. The van der Waals surface area contributed by atoms with Crippen molar-refractivity contribution in [2.45, 2.75) is 20.3 Å². The highest BCUT2D eigenvalue weighted by atomic mass is 35.5. The van der Waals surface area contributed by atoms with Crippen LogP contribution in [0, 0.1) is 0 Å². The van der Waals surface area contributed by atoms with E-state index in [9.17, 15) is 0 Å². The molecule has 1 nitrogen and oxygen atoms in total. The molecule has 0 rings (SSSR count). The van der Waals surface area contributed by atoms with Gasteiger partial charge in [0.25, 0.3) is 0 Å². The molecule has 10 heavy (non-hydrogen) atoms. The summed E-state index contributed by atoms with van der Waals surface area (Å²) in [6.45, 7) is 3.96. The Morgan fingerprint density at radius 1 is 1.60 bits per heavy atom. The Hall–Kier alpha value is -0.430. The topological polar surface area (TPSA) is 12.0 Å². The quantitative estimate of drug-likeness (QED) is 0.625. The van der Waals surface area contributed by atoms with Crippen LogP contribution >= 0.6 is 11.6 Å². The molecule has 1 N–H and O–H groups in total. The Kier molecular flexibility index (Phi) is 5.13. The summed E-state index contributed by atoms with van der Waals surface area (Å²) >= 11 is 5.75. The molecule has 0 aliphatic heterocycles. The summed E-state index contributed by atoms with van der Waals surface area (Å²) in [6.07, 6.45) is 5.09. The number of halogens is 1. The van der Waals surface area contributed by atoms with Crippen LogP contribution in [0.3, 0.4) is 0 Å². The van der Waals surface area contributed by atoms with Gasteiger partial charge in [0.05, 0.1) is 0 Å². The lowest BCUT2D eigenvalue weighted by Gasteiger charge is -2.00. The number of rotatable bonds is 3. The molecule has 0 saturated carbocycles. The Bertz CT molecular complexity index is 143. The van der Waals surface area contributed by atoms with E-state index in [0.29, 0.717) is 0 Å². The van der Waals surface area contributed by atoms with E-state index in [2.05, 4.69) is 18.3 Å². The molecule has 0 atom stereocenters. The maximum atomic E-state index is 5.75. The lowest BCUT2D eigenvalue weighted by molar-refractivity contribution is 1.02. The van der Waals surface area contributed by atoms with E-state index in [1.165, 1.54) is 0 Å². The van der Waals surface area contributed by atoms with E-state index in [1.54, 1.807) is 0 Å². The molecule has 0 amide bonds. The van der Waals surface area contributed by atoms with Gasteiger partial charge in [0.1, 0.15) is 0 Å². The molecule has 0 radical (unpaired) electrons. The van der Waals surface area contributed by atoms with Gasteiger partial charge in [-0.15, -0.1) is 0 Å². The first-order valence-corrected chi connectivity index (χ1v) is 3.80. The van der Waals surface area contributed by atoms with Gasteiger partial charge in [-0.1, -0.05) is 24.6 Å². The maximum absolute atomic E-state index is 5.75. The molecule has 0 heterocycles. The Labute approximate surface area is 67.8 Å². The second kappa shape index (κ2) is 5.36. The number of likely N-dealkylation sites (N-methyl/N-ethyl adjacent to an activating group) is 1. The third-order valence-electron chi connectivity index (χ3n) is 1.16. The first-order valence-electron chi connectivity index (χ1n) is 3.43. The van der Waals surface area contributed by atoms with Gasteiger partial charge in [-0.3, -0.25) is 0 Å². The fourth-order valence-corrected chi connectivity index (χ4v) is 0.764. The van der Waals surface area contributed by atoms with Gasteiger partial charge >= 0.3 is 0 Å². The van der Waals surface area contributed by atoms with Crippen molar-refractivity contribution in [2.24, 2.45) is 0 Å². The predicted molar refractivity (Wildman–Crippen MR) is 47.0 cm³/mol. The van der Waals surface area contributed by atoms with Crippen LogP contribution in [-0.4, -0.2) is 7.05 Å². The summed E-state index contributed by atoms with van der Waals surface area (Å²) in [5, 5.41) is 3.80. The van der Waals surface area contributed by atoms with Crippen molar-refractivity contribution in [2.75, 3.05) is 7.05 Å². The average Bonchev–Trinajstić information content (AvgIpc) is 1.89. The fraction of sp³-hybridized carbons (Fsp3) is 0.500. The third kappa shape index (κ3) is 3.57. The zero-order valence-corrected chi connectivity index (χ0v) is 7.50. The fourth-order valence-electron chi connectivity index (χ4n) is 0.606. The van der Waals surface area contributed by atoms with Gasteiger partial charge in [0, 0.05) is 17.8 Å². The summed E-state index contributed by atoms with van der Waals surface area (Å²) in [6, 6.07) is 0. The highest BCUT2D eigenvalue weighted by Gasteiger charge is 1.89. The SMILES string of the molecule is CC/C=C\C(NC)=C(/C)Cl. The smallest absolute Gasteiger partial charge is 0.0478 e. The zero-order chi connectivity index (χ0) is 7.98. The molecule has 0 aromatic heterocycles.